The Bertz CT molecular complexity index is 377. The minimum Gasteiger partial charge on any atom is -0.365 e. The zero-order chi connectivity index (χ0) is 15.9. The van der Waals surface area contributed by atoms with Gasteiger partial charge in [0.1, 0.15) is 0 Å². The van der Waals surface area contributed by atoms with Crippen molar-refractivity contribution in [2.75, 3.05) is 6.54 Å². The van der Waals surface area contributed by atoms with Crippen molar-refractivity contribution < 1.29 is 0 Å². The molecule has 1 rings (SSSR count). The molecule has 1 aliphatic rings. The van der Waals surface area contributed by atoms with Crippen LogP contribution in [0.25, 0.3) is 0 Å². The molecule has 0 heterocycles. The summed E-state index contributed by atoms with van der Waals surface area (Å²) in [4.78, 5) is 0. The molecule has 0 aromatic heterocycles. The highest BCUT2D eigenvalue weighted by Gasteiger charge is 2.00. The molecule has 0 fully saturated rings. The van der Waals surface area contributed by atoms with Gasteiger partial charge in [-0.05, 0) is 43.7 Å². The van der Waals surface area contributed by atoms with Gasteiger partial charge in [-0.2, -0.15) is 0 Å². The second kappa shape index (κ2) is 13.4. The number of rotatable bonds is 13. The summed E-state index contributed by atoms with van der Waals surface area (Å²) in [5.41, 5.74) is 8.17. The van der Waals surface area contributed by atoms with Crippen molar-refractivity contribution in [1.82, 2.24) is 5.32 Å². The molecule has 0 aliphatic heterocycles. The number of allylic oxidation sites excluding steroid dienone is 5. The second-order valence-corrected chi connectivity index (χ2v) is 6.11. The van der Waals surface area contributed by atoms with Crippen LogP contribution in [0.1, 0.15) is 70.6 Å². The van der Waals surface area contributed by atoms with Crippen LogP contribution in [-0.2, 0) is 0 Å². The fourth-order valence-electron chi connectivity index (χ4n) is 2.82. The van der Waals surface area contributed by atoms with Crippen molar-refractivity contribution in [3.05, 3.63) is 48.4 Å². The van der Waals surface area contributed by atoms with Crippen molar-refractivity contribution in [2.24, 2.45) is 5.73 Å². The smallest absolute Gasteiger partial charge is 0.0187 e. The number of nitrogens with one attached hydrogen (secondary N) is 1. The third kappa shape index (κ3) is 9.62. The van der Waals surface area contributed by atoms with Gasteiger partial charge in [0.2, 0.25) is 0 Å². The molecule has 0 aromatic rings. The van der Waals surface area contributed by atoms with Crippen molar-refractivity contribution >= 4 is 0 Å². The molecule has 0 atom stereocenters. The van der Waals surface area contributed by atoms with Crippen LogP contribution in [0, 0.1) is 0 Å². The molecule has 0 unspecified atom stereocenters. The van der Waals surface area contributed by atoms with Crippen molar-refractivity contribution in [1.29, 1.82) is 0 Å². The second-order valence-electron chi connectivity index (χ2n) is 6.11. The summed E-state index contributed by atoms with van der Waals surface area (Å²) in [6.45, 7) is 4.59. The Hall–Kier alpha value is -1.28. The first-order valence-corrected chi connectivity index (χ1v) is 9.00. The normalized spacial score (nSPS) is 14.2. The van der Waals surface area contributed by atoms with E-state index in [2.05, 4.69) is 36.2 Å². The Balaban J connectivity index is 2.04. The van der Waals surface area contributed by atoms with Crippen molar-refractivity contribution in [3.8, 4) is 0 Å². The van der Waals surface area contributed by atoms with Gasteiger partial charge in [-0.15, -0.1) is 0 Å². The van der Waals surface area contributed by atoms with Crippen LogP contribution in [0.4, 0.5) is 0 Å². The quantitative estimate of drug-likeness (QED) is 0.450. The Morgan fingerprint density at radius 1 is 1.00 bits per heavy atom. The summed E-state index contributed by atoms with van der Waals surface area (Å²) < 4.78 is 0. The van der Waals surface area contributed by atoms with Gasteiger partial charge in [0.15, 0.2) is 0 Å². The Morgan fingerprint density at radius 3 is 2.27 bits per heavy atom. The van der Waals surface area contributed by atoms with Gasteiger partial charge in [-0.3, -0.25) is 0 Å². The maximum atomic E-state index is 5.50. The molecule has 2 nitrogen and oxygen atoms in total. The van der Waals surface area contributed by atoms with Gasteiger partial charge in [0, 0.05) is 12.1 Å². The zero-order valence-electron chi connectivity index (χ0n) is 14.2. The van der Waals surface area contributed by atoms with Gasteiger partial charge >= 0.3 is 0 Å². The lowest BCUT2D eigenvalue weighted by Crippen LogP contribution is -2.03. The molecule has 0 amide bonds. The molecule has 3 N–H and O–H groups in total. The Morgan fingerprint density at radius 2 is 1.64 bits per heavy atom. The maximum absolute atomic E-state index is 5.50. The third-order valence-corrected chi connectivity index (χ3v) is 4.10. The number of hydrogen-bond acceptors (Lipinski definition) is 2. The van der Waals surface area contributed by atoms with Gasteiger partial charge < -0.3 is 11.1 Å². The zero-order valence-corrected chi connectivity index (χ0v) is 14.2. The largest absolute Gasteiger partial charge is 0.365 e. The van der Waals surface area contributed by atoms with Crippen LogP contribution < -0.4 is 11.1 Å². The van der Waals surface area contributed by atoms with Crippen LogP contribution >= 0.6 is 0 Å². The summed E-state index contributed by atoms with van der Waals surface area (Å²) >= 11 is 0. The molecule has 1 aliphatic carbocycles. The lowest BCUT2D eigenvalue weighted by atomic mass is 10.0. The van der Waals surface area contributed by atoms with E-state index in [9.17, 15) is 0 Å². The van der Waals surface area contributed by atoms with E-state index in [1.165, 1.54) is 75.5 Å². The van der Waals surface area contributed by atoms with Gasteiger partial charge in [-0.1, -0.05) is 69.8 Å². The van der Waals surface area contributed by atoms with E-state index in [0.29, 0.717) is 0 Å². The summed E-state index contributed by atoms with van der Waals surface area (Å²) in [5.74, 6) is 0. The lowest BCUT2D eigenvalue weighted by Gasteiger charge is -2.06. The Labute approximate surface area is 137 Å². The first-order valence-electron chi connectivity index (χ1n) is 9.00. The van der Waals surface area contributed by atoms with Crippen LogP contribution in [0.3, 0.4) is 0 Å². The van der Waals surface area contributed by atoms with E-state index in [-0.39, 0.29) is 0 Å². The van der Waals surface area contributed by atoms with Gasteiger partial charge in [-0.25, -0.2) is 0 Å². The van der Waals surface area contributed by atoms with Crippen molar-refractivity contribution in [2.45, 2.75) is 70.6 Å². The maximum Gasteiger partial charge on any atom is 0.0187 e. The molecule has 0 spiro atoms. The lowest BCUT2D eigenvalue weighted by molar-refractivity contribution is 0.560. The van der Waals surface area contributed by atoms with E-state index in [1.54, 1.807) is 6.20 Å². The summed E-state index contributed by atoms with van der Waals surface area (Å²) in [5, 5.41) is 3.22. The minimum atomic E-state index is 0.851. The van der Waals surface area contributed by atoms with E-state index in [1.807, 2.05) is 0 Å². The molecule has 0 bridgehead atoms. The highest BCUT2D eigenvalue weighted by molar-refractivity contribution is 5.31. The fraction of sp³-hybridized carbons (Fsp3) is 0.600. The summed E-state index contributed by atoms with van der Waals surface area (Å²) in [6.07, 6.45) is 24.9. The predicted molar refractivity (Wildman–Crippen MR) is 98.5 cm³/mol. The number of hydrogen-bond donors (Lipinski definition) is 2. The predicted octanol–water partition coefficient (Wildman–Crippen LogP) is 5.35. The van der Waals surface area contributed by atoms with Crippen LogP contribution in [0.5, 0.6) is 0 Å². The molecule has 0 radical (unpaired) electrons. The first kappa shape index (κ1) is 18.8. The SMILES string of the molecule is C=CNC1=CC(CCCCCCCCCCCN)=CC=CC1. The average Bonchev–Trinajstić information content (AvgIpc) is 2.75. The highest BCUT2D eigenvalue weighted by Crippen LogP contribution is 2.17. The molecule has 22 heavy (non-hydrogen) atoms. The molecular formula is C20H34N2. The Kier molecular flexibility index (Phi) is 11.4. The van der Waals surface area contributed by atoms with E-state index in [0.717, 1.165) is 13.0 Å². The van der Waals surface area contributed by atoms with Crippen molar-refractivity contribution in [3.63, 3.8) is 0 Å². The molecule has 0 aromatic carbocycles. The third-order valence-electron chi connectivity index (χ3n) is 4.10. The summed E-state index contributed by atoms with van der Waals surface area (Å²) in [7, 11) is 0. The van der Waals surface area contributed by atoms with Crippen LogP contribution in [0.15, 0.2) is 48.4 Å². The minimum absolute atomic E-state index is 0.851. The van der Waals surface area contributed by atoms with Crippen LogP contribution in [-0.4, -0.2) is 6.54 Å². The van der Waals surface area contributed by atoms with Gasteiger partial charge in [0.05, 0.1) is 0 Å². The molecular weight excluding hydrogens is 268 g/mol. The van der Waals surface area contributed by atoms with Crippen LogP contribution in [0.2, 0.25) is 0 Å². The molecule has 0 saturated heterocycles. The number of unbranched alkanes of at least 4 members (excludes halogenated alkanes) is 8. The highest BCUT2D eigenvalue weighted by atomic mass is 14.8. The first-order chi connectivity index (χ1) is 10.9. The number of nitrogens with two attached hydrogens (primary N) is 1. The topological polar surface area (TPSA) is 38.0 Å². The van der Waals surface area contributed by atoms with Gasteiger partial charge in [0.25, 0.3) is 0 Å². The monoisotopic (exact) mass is 302 g/mol. The molecule has 124 valence electrons. The summed E-state index contributed by atoms with van der Waals surface area (Å²) in [6, 6.07) is 0. The molecule has 2 heteroatoms. The van der Waals surface area contributed by atoms with E-state index in [4.69, 9.17) is 5.73 Å². The average molecular weight is 303 g/mol. The fourth-order valence-corrected chi connectivity index (χ4v) is 2.82. The standard InChI is InChI=1S/C20H34N2/c1-2-22-20-16-12-11-15-19(18-20)14-10-8-6-4-3-5-7-9-13-17-21/h2,11-12,15,18,22H,1,3-10,13-14,16-17,21H2. The van der Waals surface area contributed by atoms with E-state index < -0.39 is 0 Å². The van der Waals surface area contributed by atoms with E-state index >= 15 is 0 Å². The molecule has 0 saturated carbocycles.